The summed E-state index contributed by atoms with van der Waals surface area (Å²) in [5.74, 6) is -0.160. The van der Waals surface area contributed by atoms with Crippen molar-refractivity contribution >= 4 is 0 Å². The second-order valence-electron chi connectivity index (χ2n) is 12.7. The van der Waals surface area contributed by atoms with E-state index in [0.717, 1.165) is 12.8 Å². The Kier molecular flexibility index (Phi) is 13.1. The van der Waals surface area contributed by atoms with Gasteiger partial charge in [-0.05, 0) is 79.4 Å². The van der Waals surface area contributed by atoms with Crippen molar-refractivity contribution in [3.8, 4) is 0 Å². The van der Waals surface area contributed by atoms with Crippen molar-refractivity contribution in [2.24, 2.45) is 16.2 Å². The van der Waals surface area contributed by atoms with Crippen LogP contribution in [0.5, 0.6) is 0 Å². The minimum absolute atomic E-state index is 0.160. The van der Waals surface area contributed by atoms with Crippen molar-refractivity contribution in [1.82, 2.24) is 4.90 Å². The van der Waals surface area contributed by atoms with Gasteiger partial charge in [0.1, 0.15) is 5.82 Å². The lowest BCUT2D eigenvalue weighted by atomic mass is 9.88. The summed E-state index contributed by atoms with van der Waals surface area (Å²) < 4.78 is 12.5. The fourth-order valence-corrected chi connectivity index (χ4v) is 2.98. The number of hydrogen-bond acceptors (Lipinski definition) is 1. The largest absolute Gasteiger partial charge is 0.309 e. The van der Waals surface area contributed by atoms with Crippen LogP contribution in [0.15, 0.2) is 54.6 Å². The smallest absolute Gasteiger partial charge is 0.123 e. The van der Waals surface area contributed by atoms with Crippen molar-refractivity contribution in [3.05, 3.63) is 71.5 Å². The van der Waals surface area contributed by atoms with Gasteiger partial charge in [0.05, 0.1) is 0 Å². The molecule has 0 bridgehead atoms. The van der Waals surface area contributed by atoms with E-state index < -0.39 is 0 Å². The van der Waals surface area contributed by atoms with E-state index in [4.69, 9.17) is 0 Å². The van der Waals surface area contributed by atoms with Gasteiger partial charge in [-0.3, -0.25) is 0 Å². The zero-order chi connectivity index (χ0) is 25.0. The summed E-state index contributed by atoms with van der Waals surface area (Å²) in [6, 6.07) is 17.4. The lowest BCUT2D eigenvalue weighted by molar-refractivity contribution is 0.297. The average Bonchev–Trinajstić information content (AvgIpc) is 2.61. The Hall–Kier alpha value is -1.67. The van der Waals surface area contributed by atoms with E-state index in [1.807, 2.05) is 12.1 Å². The van der Waals surface area contributed by atoms with Gasteiger partial charge in [0.2, 0.25) is 0 Å². The molecule has 0 aliphatic rings. The second-order valence-corrected chi connectivity index (χ2v) is 12.7. The highest BCUT2D eigenvalue weighted by atomic mass is 19.1. The summed E-state index contributed by atoms with van der Waals surface area (Å²) in [7, 11) is 4.23. The molecule has 0 atom stereocenters. The molecule has 0 aliphatic heterocycles. The summed E-state index contributed by atoms with van der Waals surface area (Å²) in [5.41, 5.74) is 3.80. The summed E-state index contributed by atoms with van der Waals surface area (Å²) in [6.07, 6.45) is 3.43. The molecule has 0 unspecified atom stereocenters. The predicted molar refractivity (Wildman–Crippen MR) is 142 cm³/mol. The van der Waals surface area contributed by atoms with Gasteiger partial charge in [-0.15, -0.1) is 0 Å². The van der Waals surface area contributed by atoms with Crippen molar-refractivity contribution < 1.29 is 4.39 Å². The molecule has 0 saturated heterocycles. The molecule has 2 rings (SSSR count). The molecule has 182 valence electrons. The Morgan fingerprint density at radius 2 is 1.00 bits per heavy atom. The molecular weight excluding hydrogens is 393 g/mol. The first-order valence-electron chi connectivity index (χ1n) is 11.9. The molecule has 0 aromatic heterocycles. The van der Waals surface area contributed by atoms with Crippen LogP contribution >= 0.6 is 0 Å². The molecule has 0 N–H and O–H groups in total. The maximum atomic E-state index is 12.5. The third-order valence-electron chi connectivity index (χ3n) is 4.53. The van der Waals surface area contributed by atoms with E-state index in [1.165, 1.54) is 36.2 Å². The summed E-state index contributed by atoms with van der Waals surface area (Å²) >= 11 is 0. The van der Waals surface area contributed by atoms with Crippen molar-refractivity contribution in [2.45, 2.75) is 81.6 Å². The number of hydrogen-bond donors (Lipinski definition) is 0. The number of nitrogens with zero attached hydrogens (tertiary/aromatic N) is 1. The quantitative estimate of drug-likeness (QED) is 0.457. The third kappa shape index (κ3) is 20.2. The van der Waals surface area contributed by atoms with Crippen LogP contribution in [-0.4, -0.2) is 25.5 Å². The van der Waals surface area contributed by atoms with Crippen molar-refractivity contribution in [3.63, 3.8) is 0 Å². The molecular formula is C30H50FN. The molecule has 0 heterocycles. The van der Waals surface area contributed by atoms with Crippen LogP contribution in [0.3, 0.4) is 0 Å². The Bertz CT molecular complexity index is 711. The van der Waals surface area contributed by atoms with Crippen LogP contribution in [0.1, 0.15) is 79.9 Å². The van der Waals surface area contributed by atoms with Crippen LogP contribution < -0.4 is 0 Å². The summed E-state index contributed by atoms with van der Waals surface area (Å²) in [6.45, 7) is 21.3. The highest BCUT2D eigenvalue weighted by molar-refractivity contribution is 5.17. The van der Waals surface area contributed by atoms with Crippen LogP contribution in [-0.2, 0) is 12.8 Å². The van der Waals surface area contributed by atoms with Crippen molar-refractivity contribution in [2.75, 3.05) is 20.6 Å². The Morgan fingerprint density at radius 3 is 1.31 bits per heavy atom. The van der Waals surface area contributed by atoms with E-state index in [1.54, 1.807) is 0 Å². The average molecular weight is 444 g/mol. The standard InChI is InChI=1S/C11H15F.C11H16.C8H19N/c1-11(2,3)8-9-4-6-10(12)7-5-9;1-11(2,3)9-10-7-5-4-6-8-10;1-8(2,3)6-7-9(4)5/h4-7H,8H2,1-3H3;4-8H,9H2,1-3H3;6-7H2,1-5H3. The molecule has 0 saturated carbocycles. The van der Waals surface area contributed by atoms with E-state index in [2.05, 4.69) is 112 Å². The molecule has 2 heteroatoms. The van der Waals surface area contributed by atoms with Gasteiger partial charge in [0.25, 0.3) is 0 Å². The topological polar surface area (TPSA) is 3.24 Å². The normalized spacial score (nSPS) is 11.9. The van der Waals surface area contributed by atoms with E-state index in [9.17, 15) is 4.39 Å². The van der Waals surface area contributed by atoms with Gasteiger partial charge in [-0.2, -0.15) is 0 Å². The van der Waals surface area contributed by atoms with Gasteiger partial charge < -0.3 is 4.90 Å². The lowest BCUT2D eigenvalue weighted by Gasteiger charge is -2.20. The highest BCUT2D eigenvalue weighted by Crippen LogP contribution is 2.21. The molecule has 32 heavy (non-hydrogen) atoms. The van der Waals surface area contributed by atoms with Crippen LogP contribution in [0.4, 0.5) is 4.39 Å². The van der Waals surface area contributed by atoms with Crippen molar-refractivity contribution in [1.29, 1.82) is 0 Å². The Morgan fingerprint density at radius 1 is 0.594 bits per heavy atom. The maximum absolute atomic E-state index is 12.5. The van der Waals surface area contributed by atoms with Crippen LogP contribution in [0, 0.1) is 22.1 Å². The molecule has 0 amide bonds. The fourth-order valence-electron chi connectivity index (χ4n) is 2.98. The molecule has 2 aromatic rings. The third-order valence-corrected chi connectivity index (χ3v) is 4.53. The van der Waals surface area contributed by atoms with Gasteiger partial charge >= 0.3 is 0 Å². The Labute approximate surface area is 199 Å². The molecule has 2 aromatic carbocycles. The molecule has 0 fully saturated rings. The van der Waals surface area contributed by atoms with Crippen LogP contribution in [0.25, 0.3) is 0 Å². The first-order chi connectivity index (χ1) is 14.5. The lowest BCUT2D eigenvalue weighted by Crippen LogP contribution is -2.19. The monoisotopic (exact) mass is 443 g/mol. The Balaban J connectivity index is 0.000000456. The predicted octanol–water partition coefficient (Wildman–Crippen LogP) is 8.67. The SMILES string of the molecule is CC(C)(C)Cc1ccc(F)cc1.CC(C)(C)Cc1ccccc1.CN(C)CCC(C)(C)C. The fraction of sp³-hybridized carbons (Fsp3) is 0.600. The molecule has 0 radical (unpaired) electrons. The zero-order valence-electron chi connectivity index (χ0n) is 22.8. The van der Waals surface area contributed by atoms with E-state index in [-0.39, 0.29) is 11.2 Å². The highest BCUT2D eigenvalue weighted by Gasteiger charge is 2.11. The van der Waals surface area contributed by atoms with E-state index >= 15 is 0 Å². The number of benzene rings is 2. The van der Waals surface area contributed by atoms with Crippen LogP contribution in [0.2, 0.25) is 0 Å². The van der Waals surface area contributed by atoms with E-state index in [0.29, 0.717) is 10.8 Å². The minimum Gasteiger partial charge on any atom is -0.309 e. The second kappa shape index (κ2) is 13.8. The zero-order valence-corrected chi connectivity index (χ0v) is 22.8. The first kappa shape index (κ1) is 30.3. The first-order valence-corrected chi connectivity index (χ1v) is 11.9. The van der Waals surface area contributed by atoms with Gasteiger partial charge in [0.15, 0.2) is 0 Å². The maximum Gasteiger partial charge on any atom is 0.123 e. The molecule has 1 nitrogen and oxygen atoms in total. The number of rotatable bonds is 4. The van der Waals surface area contributed by atoms with Gasteiger partial charge in [0, 0.05) is 0 Å². The molecule has 0 aliphatic carbocycles. The van der Waals surface area contributed by atoms with Gasteiger partial charge in [-0.25, -0.2) is 4.39 Å². The minimum atomic E-state index is -0.160. The number of halogens is 1. The summed E-state index contributed by atoms with van der Waals surface area (Å²) in [5, 5.41) is 0. The summed E-state index contributed by atoms with van der Waals surface area (Å²) in [4.78, 5) is 2.23. The molecule has 0 spiro atoms. The van der Waals surface area contributed by atoms with Gasteiger partial charge in [-0.1, -0.05) is 105 Å².